The Morgan fingerprint density at radius 1 is 1.09 bits per heavy atom. The fourth-order valence-electron chi connectivity index (χ4n) is 1.87. The van der Waals surface area contributed by atoms with Crippen LogP contribution in [0.3, 0.4) is 0 Å². The summed E-state index contributed by atoms with van der Waals surface area (Å²) in [5.74, 6) is -0.981. The van der Waals surface area contributed by atoms with Crippen LogP contribution in [0.15, 0.2) is 36.4 Å². The van der Waals surface area contributed by atoms with Crippen LogP contribution in [0, 0.1) is 5.82 Å². The number of benzene rings is 2. The van der Waals surface area contributed by atoms with Crippen molar-refractivity contribution < 1.29 is 18.7 Å². The van der Waals surface area contributed by atoms with Crippen LogP contribution in [0.25, 0.3) is 0 Å². The number of nitrogens with one attached hydrogen (secondary N) is 2. The van der Waals surface area contributed by atoms with E-state index in [1.54, 1.807) is 18.2 Å². The molecule has 2 amide bonds. The number of carbonyl (C=O) groups excluding carboxylic acids is 2. The summed E-state index contributed by atoms with van der Waals surface area (Å²) in [7, 11) is 1.51. The van der Waals surface area contributed by atoms with Crippen LogP contribution in [-0.4, -0.2) is 18.9 Å². The molecule has 0 saturated heterocycles. The maximum absolute atomic E-state index is 13.6. The van der Waals surface area contributed by atoms with Gasteiger partial charge in [0.25, 0.3) is 5.91 Å². The molecule has 7 heteroatoms. The molecule has 0 heterocycles. The van der Waals surface area contributed by atoms with Gasteiger partial charge in [-0.2, -0.15) is 0 Å². The lowest BCUT2D eigenvalue weighted by Gasteiger charge is -2.10. The summed E-state index contributed by atoms with van der Waals surface area (Å²) in [4.78, 5) is 23.3. The third kappa shape index (κ3) is 4.20. The lowest BCUT2D eigenvalue weighted by molar-refractivity contribution is -0.114. The van der Waals surface area contributed by atoms with Crippen LogP contribution in [0.4, 0.5) is 15.8 Å². The van der Waals surface area contributed by atoms with Gasteiger partial charge in [0.15, 0.2) is 0 Å². The zero-order valence-electron chi connectivity index (χ0n) is 12.4. The molecule has 23 heavy (non-hydrogen) atoms. The van der Waals surface area contributed by atoms with Gasteiger partial charge < -0.3 is 15.4 Å². The average Bonchev–Trinajstić information content (AvgIpc) is 2.50. The molecule has 2 aromatic carbocycles. The second-order valence-corrected chi connectivity index (χ2v) is 5.08. The van der Waals surface area contributed by atoms with Crippen LogP contribution in [0.2, 0.25) is 5.02 Å². The predicted molar refractivity (Wildman–Crippen MR) is 86.7 cm³/mol. The highest BCUT2D eigenvalue weighted by atomic mass is 35.5. The van der Waals surface area contributed by atoms with Gasteiger partial charge in [-0.25, -0.2) is 4.39 Å². The highest BCUT2D eigenvalue weighted by Crippen LogP contribution is 2.27. The maximum Gasteiger partial charge on any atom is 0.255 e. The molecule has 0 aliphatic rings. The Labute approximate surface area is 137 Å². The van der Waals surface area contributed by atoms with Crippen molar-refractivity contribution in [1.29, 1.82) is 0 Å². The largest absolute Gasteiger partial charge is 0.497 e. The van der Waals surface area contributed by atoms with Crippen LogP contribution in [0.1, 0.15) is 17.3 Å². The van der Waals surface area contributed by atoms with Gasteiger partial charge >= 0.3 is 0 Å². The minimum atomic E-state index is -0.626. The number of halogens is 2. The van der Waals surface area contributed by atoms with Gasteiger partial charge in [0.1, 0.15) is 11.6 Å². The molecule has 0 unspecified atom stereocenters. The summed E-state index contributed by atoms with van der Waals surface area (Å²) in [6.45, 7) is 1.25. The number of hydrogen-bond acceptors (Lipinski definition) is 3. The number of amides is 2. The van der Waals surface area contributed by atoms with Crippen LogP contribution >= 0.6 is 11.6 Å². The topological polar surface area (TPSA) is 67.4 Å². The highest BCUT2D eigenvalue weighted by molar-refractivity contribution is 6.34. The molecule has 0 fully saturated rings. The van der Waals surface area contributed by atoms with Gasteiger partial charge in [-0.05, 0) is 30.3 Å². The van der Waals surface area contributed by atoms with Crippen molar-refractivity contribution in [2.24, 2.45) is 0 Å². The lowest BCUT2D eigenvalue weighted by Crippen LogP contribution is -2.14. The zero-order chi connectivity index (χ0) is 17.0. The Kier molecular flexibility index (Phi) is 5.18. The molecular formula is C16H14ClFN2O3. The summed E-state index contributed by atoms with van der Waals surface area (Å²) < 4.78 is 18.6. The minimum absolute atomic E-state index is 0.0639. The van der Waals surface area contributed by atoms with Crippen LogP contribution in [0.5, 0.6) is 5.75 Å². The van der Waals surface area contributed by atoms with E-state index in [4.69, 9.17) is 16.3 Å². The Bertz CT molecular complexity index is 765. The van der Waals surface area contributed by atoms with Crippen molar-refractivity contribution in [3.63, 3.8) is 0 Å². The molecule has 0 aromatic heterocycles. The molecular weight excluding hydrogens is 323 g/mol. The van der Waals surface area contributed by atoms with E-state index in [1.807, 2.05) is 0 Å². The number of carbonyl (C=O) groups is 2. The van der Waals surface area contributed by atoms with E-state index in [0.717, 1.165) is 6.07 Å². The van der Waals surface area contributed by atoms with Gasteiger partial charge in [-0.1, -0.05) is 11.6 Å². The lowest BCUT2D eigenvalue weighted by atomic mass is 10.1. The van der Waals surface area contributed by atoms with E-state index in [1.165, 1.54) is 26.2 Å². The van der Waals surface area contributed by atoms with E-state index in [0.29, 0.717) is 16.5 Å². The van der Waals surface area contributed by atoms with E-state index < -0.39 is 17.6 Å². The first-order valence-corrected chi connectivity index (χ1v) is 7.00. The molecule has 0 spiro atoms. The zero-order valence-corrected chi connectivity index (χ0v) is 13.2. The predicted octanol–water partition coefficient (Wildman–Crippen LogP) is 3.70. The van der Waals surface area contributed by atoms with Gasteiger partial charge in [-0.3, -0.25) is 9.59 Å². The van der Waals surface area contributed by atoms with E-state index in [2.05, 4.69) is 10.6 Å². The molecule has 2 N–H and O–H groups in total. The number of methoxy groups -OCH3 is 1. The van der Waals surface area contributed by atoms with Crippen LogP contribution < -0.4 is 15.4 Å². The van der Waals surface area contributed by atoms with Crippen molar-refractivity contribution in [3.05, 3.63) is 52.8 Å². The second-order valence-electron chi connectivity index (χ2n) is 4.68. The SMILES string of the molecule is COc1ccc(NC(=O)c2ccc(F)c(NC(C)=O)c2)c(Cl)c1. The van der Waals surface area contributed by atoms with Gasteiger partial charge in [-0.15, -0.1) is 0 Å². The third-order valence-corrected chi connectivity index (χ3v) is 3.28. The maximum atomic E-state index is 13.6. The van der Waals surface area contributed by atoms with Crippen molar-refractivity contribution in [2.45, 2.75) is 6.92 Å². The quantitative estimate of drug-likeness (QED) is 0.894. The number of ether oxygens (including phenoxy) is 1. The summed E-state index contributed by atoms with van der Waals surface area (Å²) in [6, 6.07) is 8.48. The normalized spacial score (nSPS) is 10.1. The second kappa shape index (κ2) is 7.11. The summed E-state index contributed by atoms with van der Waals surface area (Å²) in [5.41, 5.74) is 0.510. The van der Waals surface area contributed by atoms with Gasteiger partial charge in [0, 0.05) is 18.6 Å². The Morgan fingerprint density at radius 3 is 2.43 bits per heavy atom. The smallest absolute Gasteiger partial charge is 0.255 e. The average molecular weight is 337 g/mol. The molecule has 0 saturated carbocycles. The summed E-state index contributed by atoms with van der Waals surface area (Å²) in [6.07, 6.45) is 0. The summed E-state index contributed by atoms with van der Waals surface area (Å²) >= 11 is 6.05. The van der Waals surface area contributed by atoms with E-state index in [9.17, 15) is 14.0 Å². The Balaban J connectivity index is 2.22. The Hall–Kier alpha value is -2.60. The molecule has 0 aliphatic heterocycles. The van der Waals surface area contributed by atoms with E-state index in [-0.39, 0.29) is 11.3 Å². The molecule has 0 bridgehead atoms. The minimum Gasteiger partial charge on any atom is -0.497 e. The number of hydrogen-bond donors (Lipinski definition) is 2. The monoisotopic (exact) mass is 336 g/mol. The van der Waals surface area contributed by atoms with Gasteiger partial charge in [0.05, 0.1) is 23.5 Å². The Morgan fingerprint density at radius 2 is 1.83 bits per heavy atom. The van der Waals surface area contributed by atoms with Gasteiger partial charge in [0.2, 0.25) is 5.91 Å². The van der Waals surface area contributed by atoms with Crippen molar-refractivity contribution in [1.82, 2.24) is 0 Å². The van der Waals surface area contributed by atoms with Crippen molar-refractivity contribution >= 4 is 34.8 Å². The number of rotatable bonds is 4. The van der Waals surface area contributed by atoms with Crippen molar-refractivity contribution in [2.75, 3.05) is 17.7 Å². The summed E-state index contributed by atoms with van der Waals surface area (Å²) in [5, 5.41) is 5.25. The first-order valence-electron chi connectivity index (χ1n) is 6.62. The first-order chi connectivity index (χ1) is 10.9. The first kappa shape index (κ1) is 16.8. The molecule has 120 valence electrons. The molecule has 5 nitrogen and oxygen atoms in total. The van der Waals surface area contributed by atoms with Crippen LogP contribution in [-0.2, 0) is 4.79 Å². The molecule has 2 aromatic rings. The fraction of sp³-hybridized carbons (Fsp3) is 0.125. The number of anilines is 2. The van der Waals surface area contributed by atoms with E-state index >= 15 is 0 Å². The highest BCUT2D eigenvalue weighted by Gasteiger charge is 2.12. The standard InChI is InChI=1S/C16H14ClFN2O3/c1-9(21)19-15-7-10(3-5-13(15)18)16(22)20-14-6-4-11(23-2)8-12(14)17/h3-8H,1-2H3,(H,19,21)(H,20,22). The molecule has 0 radical (unpaired) electrons. The fourth-order valence-corrected chi connectivity index (χ4v) is 2.09. The third-order valence-electron chi connectivity index (χ3n) is 2.96. The molecule has 0 aliphatic carbocycles. The molecule has 0 atom stereocenters. The molecule has 2 rings (SSSR count). The van der Waals surface area contributed by atoms with Crippen molar-refractivity contribution in [3.8, 4) is 5.75 Å².